The van der Waals surface area contributed by atoms with E-state index in [0.29, 0.717) is 0 Å². The van der Waals surface area contributed by atoms with Crippen LogP contribution >= 0.6 is 23.4 Å². The molecule has 1 aromatic rings. The molecular weight excluding hydrogens is 269 g/mol. The molecule has 0 aromatic heterocycles. The van der Waals surface area contributed by atoms with Gasteiger partial charge in [0.1, 0.15) is 5.82 Å². The minimum Gasteiger partial charge on any atom is -0.300 e. The molecule has 0 N–H and O–H groups in total. The molecule has 4 heteroatoms. The number of rotatable bonds is 4. The Hall–Kier alpha value is -0.510. The lowest BCUT2D eigenvalue weighted by Crippen LogP contribution is -2.26. The van der Waals surface area contributed by atoms with Gasteiger partial charge in [-0.3, -0.25) is 4.90 Å². The van der Waals surface area contributed by atoms with Crippen LogP contribution in [-0.4, -0.2) is 30.3 Å². The van der Waals surface area contributed by atoms with Crippen molar-refractivity contribution in [3.63, 3.8) is 0 Å². The first kappa shape index (κ1) is 13.9. The molecule has 1 aliphatic heterocycles. The quantitative estimate of drug-likeness (QED) is 0.815. The van der Waals surface area contributed by atoms with Gasteiger partial charge in [0.2, 0.25) is 0 Å². The maximum Gasteiger partial charge on any atom is 0.123 e. The molecule has 0 bridgehead atoms. The fraction of sp³-hybridized carbons (Fsp3) is 0.429. The van der Waals surface area contributed by atoms with Crippen LogP contribution in [0, 0.1) is 5.82 Å². The fourth-order valence-electron chi connectivity index (χ4n) is 2.05. The lowest BCUT2D eigenvalue weighted by atomic mass is 10.1. The summed E-state index contributed by atoms with van der Waals surface area (Å²) in [6.07, 6.45) is 0. The number of benzene rings is 1. The van der Waals surface area contributed by atoms with Crippen LogP contribution in [0.4, 0.5) is 4.39 Å². The van der Waals surface area contributed by atoms with Gasteiger partial charge in [-0.1, -0.05) is 25.4 Å². The van der Waals surface area contributed by atoms with Gasteiger partial charge in [0.15, 0.2) is 0 Å². The molecule has 0 atom stereocenters. The number of fused-ring (bicyclic) bond motifs is 1. The first-order chi connectivity index (χ1) is 8.65. The van der Waals surface area contributed by atoms with E-state index in [4.69, 9.17) is 11.6 Å². The van der Waals surface area contributed by atoms with Crippen molar-refractivity contribution in [3.05, 3.63) is 35.2 Å². The third-order valence-electron chi connectivity index (χ3n) is 3.20. The molecule has 18 heavy (non-hydrogen) atoms. The van der Waals surface area contributed by atoms with Crippen LogP contribution in [0.1, 0.15) is 19.4 Å². The topological polar surface area (TPSA) is 3.24 Å². The van der Waals surface area contributed by atoms with E-state index in [1.807, 2.05) is 6.07 Å². The van der Waals surface area contributed by atoms with E-state index in [1.165, 1.54) is 17.7 Å². The molecule has 98 valence electrons. The average molecular weight is 286 g/mol. The molecule has 0 amide bonds. The molecule has 1 heterocycles. The van der Waals surface area contributed by atoms with E-state index >= 15 is 0 Å². The van der Waals surface area contributed by atoms with E-state index in [0.717, 1.165) is 40.9 Å². The Labute approximate surface area is 117 Å². The van der Waals surface area contributed by atoms with Gasteiger partial charge in [0.25, 0.3) is 0 Å². The zero-order valence-electron chi connectivity index (χ0n) is 10.7. The van der Waals surface area contributed by atoms with Crippen molar-refractivity contribution in [1.82, 2.24) is 4.90 Å². The van der Waals surface area contributed by atoms with E-state index < -0.39 is 0 Å². The van der Waals surface area contributed by atoms with Crippen LogP contribution in [0.25, 0.3) is 5.03 Å². The molecule has 1 aromatic carbocycles. The Balaban J connectivity index is 2.29. The van der Waals surface area contributed by atoms with Gasteiger partial charge in [-0.15, -0.1) is 11.8 Å². The highest BCUT2D eigenvalue weighted by Gasteiger charge is 2.19. The maximum absolute atomic E-state index is 13.3. The monoisotopic (exact) mass is 285 g/mol. The fourth-order valence-corrected chi connectivity index (χ4v) is 3.51. The van der Waals surface area contributed by atoms with Crippen LogP contribution in [0.5, 0.6) is 0 Å². The van der Waals surface area contributed by atoms with Gasteiger partial charge in [0, 0.05) is 22.8 Å². The van der Waals surface area contributed by atoms with Crippen molar-refractivity contribution >= 4 is 28.4 Å². The highest BCUT2D eigenvalue weighted by Crippen LogP contribution is 2.39. The van der Waals surface area contributed by atoms with Crippen molar-refractivity contribution in [3.8, 4) is 0 Å². The van der Waals surface area contributed by atoms with Crippen molar-refractivity contribution in [2.75, 3.05) is 25.4 Å². The summed E-state index contributed by atoms with van der Waals surface area (Å²) in [5.41, 5.74) is 2.04. The molecule has 0 fully saturated rings. The Bertz CT molecular complexity index is 469. The Morgan fingerprint density at radius 3 is 2.72 bits per heavy atom. The summed E-state index contributed by atoms with van der Waals surface area (Å²) in [4.78, 5) is 3.40. The van der Waals surface area contributed by atoms with Gasteiger partial charge in [-0.25, -0.2) is 4.39 Å². The largest absolute Gasteiger partial charge is 0.300 e. The molecule has 0 saturated heterocycles. The van der Waals surface area contributed by atoms with Gasteiger partial charge >= 0.3 is 0 Å². The van der Waals surface area contributed by atoms with Crippen LogP contribution in [0.15, 0.2) is 28.7 Å². The number of halogens is 2. The molecule has 0 saturated carbocycles. The summed E-state index contributed by atoms with van der Waals surface area (Å²) in [6.45, 7) is 7.16. The van der Waals surface area contributed by atoms with Crippen LogP contribution in [-0.2, 0) is 0 Å². The summed E-state index contributed by atoms with van der Waals surface area (Å²) in [5, 5.41) is 0.732. The van der Waals surface area contributed by atoms with E-state index in [-0.39, 0.29) is 5.82 Å². The molecule has 0 spiro atoms. The first-order valence-corrected chi connectivity index (χ1v) is 7.54. The molecule has 0 radical (unpaired) electrons. The smallest absolute Gasteiger partial charge is 0.123 e. The number of likely N-dealkylation sites (N-methyl/N-ethyl adjacent to an activating group) is 1. The molecule has 0 unspecified atom stereocenters. The number of nitrogens with zero attached hydrogens (tertiary/aromatic N) is 1. The summed E-state index contributed by atoms with van der Waals surface area (Å²) in [6, 6.07) is 4.84. The normalized spacial score (nSPS) is 15.2. The number of thioether (sulfide) groups is 1. The Morgan fingerprint density at radius 1 is 1.33 bits per heavy atom. The first-order valence-electron chi connectivity index (χ1n) is 6.18. The standard InChI is InChI=1S/C14H17ClFNS/c1-3-17(4-2)8-10-9-18-13-6-5-11(16)7-12(13)14(10)15/h5-7H,3-4,8-9H2,1-2H3. The van der Waals surface area contributed by atoms with Crippen LogP contribution in [0.2, 0.25) is 0 Å². The molecule has 1 nitrogen and oxygen atoms in total. The molecule has 1 aliphatic rings. The second-order valence-corrected chi connectivity index (χ2v) is 5.70. The Kier molecular flexibility index (Phi) is 4.71. The van der Waals surface area contributed by atoms with Crippen molar-refractivity contribution in [2.24, 2.45) is 0 Å². The summed E-state index contributed by atoms with van der Waals surface area (Å²) in [7, 11) is 0. The van der Waals surface area contributed by atoms with Crippen LogP contribution in [0.3, 0.4) is 0 Å². The van der Waals surface area contributed by atoms with Gasteiger partial charge in [-0.05, 0) is 36.9 Å². The van der Waals surface area contributed by atoms with Crippen molar-refractivity contribution < 1.29 is 4.39 Å². The lowest BCUT2D eigenvalue weighted by Gasteiger charge is -2.24. The zero-order valence-corrected chi connectivity index (χ0v) is 12.2. The minimum atomic E-state index is -0.225. The molecule has 0 aliphatic carbocycles. The highest BCUT2D eigenvalue weighted by atomic mass is 35.5. The second-order valence-electron chi connectivity index (χ2n) is 4.31. The van der Waals surface area contributed by atoms with E-state index in [1.54, 1.807) is 11.8 Å². The number of hydrogen-bond donors (Lipinski definition) is 0. The predicted octanol–water partition coefficient (Wildman–Crippen LogP) is 4.22. The van der Waals surface area contributed by atoms with Gasteiger partial charge in [0.05, 0.1) is 5.03 Å². The third-order valence-corrected chi connectivity index (χ3v) is 4.83. The second kappa shape index (κ2) is 6.09. The maximum atomic E-state index is 13.3. The average Bonchev–Trinajstić information content (AvgIpc) is 2.39. The van der Waals surface area contributed by atoms with Gasteiger partial charge in [-0.2, -0.15) is 0 Å². The summed E-state index contributed by atoms with van der Waals surface area (Å²) < 4.78 is 13.3. The van der Waals surface area contributed by atoms with Crippen LogP contribution < -0.4 is 0 Å². The van der Waals surface area contributed by atoms with Crippen molar-refractivity contribution in [2.45, 2.75) is 18.7 Å². The molecular formula is C14H17ClFNS. The lowest BCUT2D eigenvalue weighted by molar-refractivity contribution is 0.331. The zero-order chi connectivity index (χ0) is 13.1. The summed E-state index contributed by atoms with van der Waals surface area (Å²) in [5.74, 6) is 0.671. The SMILES string of the molecule is CCN(CC)CC1=C(Cl)c2cc(F)ccc2SC1. The van der Waals surface area contributed by atoms with E-state index in [9.17, 15) is 4.39 Å². The summed E-state index contributed by atoms with van der Waals surface area (Å²) >= 11 is 8.15. The number of hydrogen-bond acceptors (Lipinski definition) is 2. The Morgan fingerprint density at radius 2 is 2.06 bits per heavy atom. The highest BCUT2D eigenvalue weighted by molar-refractivity contribution is 7.99. The molecule has 2 rings (SSSR count). The van der Waals surface area contributed by atoms with E-state index in [2.05, 4.69) is 18.7 Å². The van der Waals surface area contributed by atoms with Crippen molar-refractivity contribution in [1.29, 1.82) is 0 Å². The van der Waals surface area contributed by atoms with Gasteiger partial charge < -0.3 is 0 Å². The third kappa shape index (κ3) is 2.90. The minimum absolute atomic E-state index is 0.225. The predicted molar refractivity (Wildman–Crippen MR) is 77.7 cm³/mol.